The van der Waals surface area contributed by atoms with Crippen molar-refractivity contribution in [3.63, 3.8) is 0 Å². The number of carbonyl (C=O) groups excluding carboxylic acids is 1. The molecule has 0 aromatic carbocycles. The molecule has 3 aliphatic carbocycles. The Hall–Kier alpha value is -0.570. The first-order valence-electron chi connectivity index (χ1n) is 6.55. The molecule has 16 heavy (non-hydrogen) atoms. The van der Waals surface area contributed by atoms with Crippen LogP contribution in [0, 0.1) is 29.1 Å². The molecule has 3 aliphatic rings. The third-order valence-electron chi connectivity index (χ3n) is 5.16. The van der Waals surface area contributed by atoms with Gasteiger partial charge in [-0.2, -0.15) is 0 Å². The molecule has 0 saturated heterocycles. The summed E-state index contributed by atoms with van der Waals surface area (Å²) < 4.78 is 0. The molecule has 1 amide bonds. The summed E-state index contributed by atoms with van der Waals surface area (Å²) >= 11 is 0. The fourth-order valence-electron chi connectivity index (χ4n) is 3.96. The standard InChI is InChI=1S/C13H22N2O/c1-13(2,6-14)12(16)15-11-9-7-3-4-8(5-7)10(9)11/h7-11H,3-6,14H2,1-2H3,(H,15,16). The van der Waals surface area contributed by atoms with E-state index >= 15 is 0 Å². The molecule has 0 aromatic heterocycles. The van der Waals surface area contributed by atoms with Crippen LogP contribution in [-0.2, 0) is 4.79 Å². The molecule has 0 spiro atoms. The van der Waals surface area contributed by atoms with Gasteiger partial charge in [0.25, 0.3) is 0 Å². The van der Waals surface area contributed by atoms with Crippen molar-refractivity contribution < 1.29 is 4.79 Å². The number of nitrogens with one attached hydrogen (secondary N) is 1. The van der Waals surface area contributed by atoms with Crippen LogP contribution in [-0.4, -0.2) is 18.5 Å². The Morgan fingerprint density at radius 2 is 1.88 bits per heavy atom. The summed E-state index contributed by atoms with van der Waals surface area (Å²) in [6.45, 7) is 4.28. The van der Waals surface area contributed by atoms with Gasteiger partial charge in [0, 0.05) is 12.6 Å². The van der Waals surface area contributed by atoms with Crippen molar-refractivity contribution in [2.75, 3.05) is 6.54 Å². The van der Waals surface area contributed by atoms with E-state index in [-0.39, 0.29) is 5.91 Å². The molecule has 0 radical (unpaired) electrons. The molecule has 3 rings (SSSR count). The number of nitrogens with two attached hydrogens (primary N) is 1. The van der Waals surface area contributed by atoms with Gasteiger partial charge in [0.2, 0.25) is 5.91 Å². The van der Waals surface area contributed by atoms with Crippen molar-refractivity contribution >= 4 is 5.91 Å². The molecule has 4 atom stereocenters. The van der Waals surface area contributed by atoms with E-state index in [2.05, 4.69) is 5.32 Å². The van der Waals surface area contributed by atoms with Crippen LogP contribution in [0.2, 0.25) is 0 Å². The summed E-state index contributed by atoms with van der Waals surface area (Å²) in [5.74, 6) is 3.61. The van der Waals surface area contributed by atoms with Crippen molar-refractivity contribution in [3.8, 4) is 0 Å². The Morgan fingerprint density at radius 3 is 2.38 bits per heavy atom. The van der Waals surface area contributed by atoms with Gasteiger partial charge in [-0.05, 0) is 56.8 Å². The lowest BCUT2D eigenvalue weighted by Gasteiger charge is -2.22. The monoisotopic (exact) mass is 222 g/mol. The summed E-state index contributed by atoms with van der Waals surface area (Å²) in [5.41, 5.74) is 5.22. The van der Waals surface area contributed by atoms with Crippen LogP contribution >= 0.6 is 0 Å². The van der Waals surface area contributed by atoms with Gasteiger partial charge in [-0.1, -0.05) is 0 Å². The lowest BCUT2D eigenvalue weighted by Crippen LogP contribution is -2.44. The van der Waals surface area contributed by atoms with Crippen molar-refractivity contribution in [1.82, 2.24) is 5.32 Å². The molecule has 90 valence electrons. The van der Waals surface area contributed by atoms with E-state index in [1.807, 2.05) is 13.8 Å². The second-order valence-corrected chi connectivity index (χ2v) is 6.58. The predicted molar refractivity (Wildman–Crippen MR) is 62.6 cm³/mol. The van der Waals surface area contributed by atoms with E-state index < -0.39 is 5.41 Å². The maximum atomic E-state index is 12.0. The van der Waals surface area contributed by atoms with Gasteiger partial charge >= 0.3 is 0 Å². The van der Waals surface area contributed by atoms with Crippen LogP contribution in [0.4, 0.5) is 0 Å². The van der Waals surface area contributed by atoms with Gasteiger partial charge in [0.05, 0.1) is 5.41 Å². The van der Waals surface area contributed by atoms with Gasteiger partial charge in [-0.15, -0.1) is 0 Å². The SMILES string of the molecule is CC(C)(CN)C(=O)NC1C2C3CCC(C3)C12. The zero-order chi connectivity index (χ0) is 11.5. The average Bonchev–Trinajstić information content (AvgIpc) is 2.68. The highest BCUT2D eigenvalue weighted by Crippen LogP contribution is 2.65. The second kappa shape index (κ2) is 3.22. The Morgan fingerprint density at radius 1 is 1.31 bits per heavy atom. The highest BCUT2D eigenvalue weighted by atomic mass is 16.2. The van der Waals surface area contributed by atoms with Gasteiger partial charge in [0.1, 0.15) is 0 Å². The number of fused-ring (bicyclic) bond motifs is 5. The fourth-order valence-corrected chi connectivity index (χ4v) is 3.96. The molecular weight excluding hydrogens is 200 g/mol. The van der Waals surface area contributed by atoms with Crippen LogP contribution in [0.3, 0.4) is 0 Å². The summed E-state index contributed by atoms with van der Waals surface area (Å²) in [7, 11) is 0. The Bertz CT molecular complexity index is 310. The number of hydrogen-bond acceptors (Lipinski definition) is 2. The van der Waals surface area contributed by atoms with E-state index in [0.717, 1.165) is 23.7 Å². The Labute approximate surface area is 97.2 Å². The molecule has 4 unspecified atom stereocenters. The minimum absolute atomic E-state index is 0.147. The summed E-state index contributed by atoms with van der Waals surface area (Å²) in [6.07, 6.45) is 4.24. The molecule has 3 fully saturated rings. The zero-order valence-electron chi connectivity index (χ0n) is 10.2. The van der Waals surface area contributed by atoms with Crippen LogP contribution < -0.4 is 11.1 Å². The topological polar surface area (TPSA) is 55.1 Å². The van der Waals surface area contributed by atoms with Gasteiger partial charge < -0.3 is 11.1 Å². The number of carbonyl (C=O) groups is 1. The van der Waals surface area contributed by atoms with Crippen LogP contribution in [0.5, 0.6) is 0 Å². The third-order valence-corrected chi connectivity index (χ3v) is 5.16. The lowest BCUT2D eigenvalue weighted by molar-refractivity contribution is -0.129. The molecule has 3 nitrogen and oxygen atoms in total. The van der Waals surface area contributed by atoms with E-state index in [1.165, 1.54) is 19.3 Å². The lowest BCUT2D eigenvalue weighted by atomic mass is 9.92. The van der Waals surface area contributed by atoms with Crippen LogP contribution in [0.1, 0.15) is 33.1 Å². The second-order valence-electron chi connectivity index (χ2n) is 6.58. The number of hydrogen-bond donors (Lipinski definition) is 2. The van der Waals surface area contributed by atoms with E-state index in [1.54, 1.807) is 0 Å². The first-order valence-corrected chi connectivity index (χ1v) is 6.55. The maximum Gasteiger partial charge on any atom is 0.227 e. The zero-order valence-corrected chi connectivity index (χ0v) is 10.2. The van der Waals surface area contributed by atoms with E-state index in [0.29, 0.717) is 12.6 Å². The Balaban J connectivity index is 1.61. The highest BCUT2D eigenvalue weighted by molar-refractivity contribution is 5.82. The minimum Gasteiger partial charge on any atom is -0.352 e. The van der Waals surface area contributed by atoms with Crippen LogP contribution in [0.15, 0.2) is 0 Å². The van der Waals surface area contributed by atoms with Gasteiger partial charge in [0.15, 0.2) is 0 Å². The maximum absolute atomic E-state index is 12.0. The number of amides is 1. The highest BCUT2D eigenvalue weighted by Gasteiger charge is 2.65. The molecule has 0 aromatic rings. The summed E-state index contributed by atoms with van der Waals surface area (Å²) in [4.78, 5) is 12.0. The largest absolute Gasteiger partial charge is 0.352 e. The predicted octanol–water partition coefficient (Wildman–Crippen LogP) is 1.13. The van der Waals surface area contributed by atoms with Crippen LogP contribution in [0.25, 0.3) is 0 Å². The molecular formula is C13H22N2O. The molecule has 0 aliphatic heterocycles. The number of rotatable bonds is 3. The summed E-state index contributed by atoms with van der Waals surface area (Å²) in [6, 6.07) is 0.490. The third kappa shape index (κ3) is 1.33. The molecule has 3 heteroatoms. The quantitative estimate of drug-likeness (QED) is 0.752. The Kier molecular flexibility index (Phi) is 2.13. The average molecular weight is 222 g/mol. The molecule has 3 saturated carbocycles. The minimum atomic E-state index is -0.407. The smallest absolute Gasteiger partial charge is 0.227 e. The molecule has 0 heterocycles. The van der Waals surface area contributed by atoms with Gasteiger partial charge in [-0.25, -0.2) is 0 Å². The van der Waals surface area contributed by atoms with E-state index in [4.69, 9.17) is 5.73 Å². The fraction of sp³-hybridized carbons (Fsp3) is 0.923. The van der Waals surface area contributed by atoms with Crippen molar-refractivity contribution in [2.45, 2.75) is 39.2 Å². The molecule has 3 N–H and O–H groups in total. The van der Waals surface area contributed by atoms with E-state index in [9.17, 15) is 4.79 Å². The van der Waals surface area contributed by atoms with Gasteiger partial charge in [-0.3, -0.25) is 4.79 Å². The first kappa shape index (κ1) is 10.6. The normalized spacial score (nSPS) is 44.3. The first-order chi connectivity index (χ1) is 7.54. The molecule has 2 bridgehead atoms. The van der Waals surface area contributed by atoms with Crippen molar-refractivity contribution in [1.29, 1.82) is 0 Å². The summed E-state index contributed by atoms with van der Waals surface area (Å²) in [5, 5.41) is 3.23. The van der Waals surface area contributed by atoms with Crippen molar-refractivity contribution in [3.05, 3.63) is 0 Å². The van der Waals surface area contributed by atoms with Crippen molar-refractivity contribution in [2.24, 2.45) is 34.8 Å².